The zero-order chi connectivity index (χ0) is 20.9. The Hall–Kier alpha value is -2.71. The van der Waals surface area contributed by atoms with Gasteiger partial charge in [0.05, 0.1) is 12.2 Å². The van der Waals surface area contributed by atoms with Crippen LogP contribution in [0.5, 0.6) is 0 Å². The standard InChI is InChI=1S/C21H24ClN5O3/c1-2-29-21(28)15-5-6-17-16(14-15)23-20(30-17)4-3-9-26-10-12-27(13-11-26)19-8-7-18(22)24-25-19/h5-8,14H,2-4,9-13H2,1H3. The number of esters is 1. The molecule has 2 aromatic heterocycles. The second-order valence-electron chi connectivity index (χ2n) is 7.16. The van der Waals surface area contributed by atoms with Gasteiger partial charge in [0.1, 0.15) is 5.52 Å². The number of carbonyl (C=O) groups is 1. The van der Waals surface area contributed by atoms with Crippen LogP contribution in [-0.2, 0) is 11.2 Å². The van der Waals surface area contributed by atoms with Crippen molar-refractivity contribution in [3.05, 3.63) is 46.9 Å². The Bertz CT molecular complexity index is 1000. The van der Waals surface area contributed by atoms with Gasteiger partial charge in [0.25, 0.3) is 0 Å². The third-order valence-corrected chi connectivity index (χ3v) is 5.32. The van der Waals surface area contributed by atoms with Gasteiger partial charge in [0.2, 0.25) is 0 Å². The minimum absolute atomic E-state index is 0.340. The Kier molecular flexibility index (Phi) is 6.44. The summed E-state index contributed by atoms with van der Waals surface area (Å²) in [6.07, 6.45) is 1.71. The van der Waals surface area contributed by atoms with Gasteiger partial charge in [0.15, 0.2) is 22.4 Å². The first-order valence-electron chi connectivity index (χ1n) is 10.2. The monoisotopic (exact) mass is 429 g/mol. The summed E-state index contributed by atoms with van der Waals surface area (Å²) in [6.45, 7) is 6.89. The zero-order valence-corrected chi connectivity index (χ0v) is 17.6. The maximum absolute atomic E-state index is 11.9. The lowest BCUT2D eigenvalue weighted by molar-refractivity contribution is 0.0526. The molecule has 1 saturated heterocycles. The second kappa shape index (κ2) is 9.40. The van der Waals surface area contributed by atoms with Crippen LogP contribution in [0.2, 0.25) is 5.15 Å². The third-order valence-electron chi connectivity index (χ3n) is 5.12. The SMILES string of the molecule is CCOC(=O)c1ccc2oc(CCCN3CCN(c4ccc(Cl)nn4)CC3)nc2c1. The maximum atomic E-state index is 11.9. The van der Waals surface area contributed by atoms with E-state index >= 15 is 0 Å². The molecule has 1 fully saturated rings. The fourth-order valence-corrected chi connectivity index (χ4v) is 3.66. The molecule has 0 bridgehead atoms. The minimum Gasteiger partial charge on any atom is -0.462 e. The van der Waals surface area contributed by atoms with Crippen molar-refractivity contribution in [2.45, 2.75) is 19.8 Å². The topological polar surface area (TPSA) is 84.6 Å². The van der Waals surface area contributed by atoms with Crippen molar-refractivity contribution in [1.82, 2.24) is 20.1 Å². The fourth-order valence-electron chi connectivity index (χ4n) is 3.56. The summed E-state index contributed by atoms with van der Waals surface area (Å²) in [5.41, 5.74) is 1.87. The largest absolute Gasteiger partial charge is 0.462 e. The van der Waals surface area contributed by atoms with Crippen LogP contribution in [0.1, 0.15) is 29.6 Å². The molecule has 30 heavy (non-hydrogen) atoms. The highest BCUT2D eigenvalue weighted by Crippen LogP contribution is 2.19. The van der Waals surface area contributed by atoms with Gasteiger partial charge in [-0.15, -0.1) is 10.2 Å². The smallest absolute Gasteiger partial charge is 0.338 e. The number of piperazine rings is 1. The number of ether oxygens (including phenoxy) is 1. The fraction of sp³-hybridized carbons (Fsp3) is 0.429. The molecule has 158 valence electrons. The van der Waals surface area contributed by atoms with Gasteiger partial charge >= 0.3 is 5.97 Å². The van der Waals surface area contributed by atoms with Crippen LogP contribution in [-0.4, -0.2) is 65.4 Å². The molecule has 4 rings (SSSR count). The summed E-state index contributed by atoms with van der Waals surface area (Å²) < 4.78 is 10.9. The average Bonchev–Trinajstić information content (AvgIpc) is 3.17. The van der Waals surface area contributed by atoms with Crippen molar-refractivity contribution in [2.24, 2.45) is 0 Å². The van der Waals surface area contributed by atoms with Crippen molar-refractivity contribution in [3.63, 3.8) is 0 Å². The van der Waals surface area contributed by atoms with Crippen molar-refractivity contribution >= 4 is 34.5 Å². The molecule has 8 nitrogen and oxygen atoms in total. The lowest BCUT2D eigenvalue weighted by Gasteiger charge is -2.35. The van der Waals surface area contributed by atoms with Crippen molar-refractivity contribution in [1.29, 1.82) is 0 Å². The average molecular weight is 430 g/mol. The molecule has 0 N–H and O–H groups in total. The first-order chi connectivity index (χ1) is 14.6. The number of hydrogen-bond donors (Lipinski definition) is 0. The van der Waals surface area contributed by atoms with Gasteiger partial charge < -0.3 is 14.1 Å². The summed E-state index contributed by atoms with van der Waals surface area (Å²) in [7, 11) is 0. The lowest BCUT2D eigenvalue weighted by Crippen LogP contribution is -2.47. The maximum Gasteiger partial charge on any atom is 0.338 e. The van der Waals surface area contributed by atoms with E-state index in [4.69, 9.17) is 20.8 Å². The number of aromatic nitrogens is 3. The number of anilines is 1. The highest BCUT2D eigenvalue weighted by Gasteiger charge is 2.18. The molecule has 0 atom stereocenters. The van der Waals surface area contributed by atoms with Crippen LogP contribution in [0.3, 0.4) is 0 Å². The van der Waals surface area contributed by atoms with Gasteiger partial charge in [-0.05, 0) is 50.2 Å². The van der Waals surface area contributed by atoms with Gasteiger partial charge in [-0.1, -0.05) is 11.6 Å². The van der Waals surface area contributed by atoms with Gasteiger partial charge in [-0.25, -0.2) is 9.78 Å². The van der Waals surface area contributed by atoms with E-state index in [2.05, 4.69) is 25.0 Å². The number of nitrogens with zero attached hydrogens (tertiary/aromatic N) is 5. The number of hydrogen-bond acceptors (Lipinski definition) is 8. The summed E-state index contributed by atoms with van der Waals surface area (Å²) in [4.78, 5) is 21.1. The zero-order valence-electron chi connectivity index (χ0n) is 16.9. The van der Waals surface area contributed by atoms with Crippen LogP contribution in [0.15, 0.2) is 34.7 Å². The van der Waals surface area contributed by atoms with Crippen LogP contribution >= 0.6 is 11.6 Å². The molecule has 0 amide bonds. The Morgan fingerprint density at radius 3 is 2.73 bits per heavy atom. The molecule has 0 spiro atoms. The molecule has 0 radical (unpaired) electrons. The van der Waals surface area contributed by atoms with E-state index in [-0.39, 0.29) is 5.97 Å². The predicted molar refractivity (Wildman–Crippen MR) is 114 cm³/mol. The molecule has 1 aliphatic rings. The Morgan fingerprint density at radius 1 is 1.17 bits per heavy atom. The molecule has 3 heterocycles. The van der Waals surface area contributed by atoms with Crippen LogP contribution in [0.25, 0.3) is 11.1 Å². The number of rotatable bonds is 7. The summed E-state index contributed by atoms with van der Waals surface area (Å²) >= 11 is 5.81. The number of halogens is 1. The molecule has 1 aliphatic heterocycles. The van der Waals surface area contributed by atoms with Gasteiger partial charge in [-0.3, -0.25) is 4.90 Å². The molecular weight excluding hydrogens is 406 g/mol. The highest BCUT2D eigenvalue weighted by atomic mass is 35.5. The highest BCUT2D eigenvalue weighted by molar-refractivity contribution is 6.29. The number of aryl methyl sites for hydroxylation is 1. The van der Waals surface area contributed by atoms with E-state index in [1.807, 2.05) is 6.07 Å². The van der Waals surface area contributed by atoms with E-state index < -0.39 is 0 Å². The third kappa shape index (κ3) is 4.88. The minimum atomic E-state index is -0.340. The summed E-state index contributed by atoms with van der Waals surface area (Å²) in [5.74, 6) is 1.22. The normalized spacial score (nSPS) is 14.9. The van der Waals surface area contributed by atoms with Crippen LogP contribution < -0.4 is 4.90 Å². The molecular formula is C21H24ClN5O3. The van der Waals surface area contributed by atoms with E-state index in [1.165, 1.54) is 0 Å². The second-order valence-corrected chi connectivity index (χ2v) is 7.54. The van der Waals surface area contributed by atoms with E-state index in [0.29, 0.717) is 34.3 Å². The number of benzene rings is 1. The van der Waals surface area contributed by atoms with Crippen LogP contribution in [0, 0.1) is 0 Å². The summed E-state index contributed by atoms with van der Waals surface area (Å²) in [5, 5.41) is 8.48. The molecule has 3 aromatic rings. The molecule has 0 unspecified atom stereocenters. The predicted octanol–water partition coefficient (Wildman–Crippen LogP) is 3.20. The quantitative estimate of drug-likeness (QED) is 0.529. The lowest BCUT2D eigenvalue weighted by atomic mass is 10.2. The van der Waals surface area contributed by atoms with E-state index in [0.717, 1.165) is 51.4 Å². The van der Waals surface area contributed by atoms with Crippen molar-refractivity contribution < 1.29 is 13.9 Å². The first kappa shape index (κ1) is 20.6. The van der Waals surface area contributed by atoms with Gasteiger partial charge in [0, 0.05) is 32.6 Å². The van der Waals surface area contributed by atoms with E-state index in [9.17, 15) is 4.79 Å². The molecule has 9 heteroatoms. The number of fused-ring (bicyclic) bond motifs is 1. The van der Waals surface area contributed by atoms with Crippen molar-refractivity contribution in [2.75, 3.05) is 44.2 Å². The summed E-state index contributed by atoms with van der Waals surface area (Å²) in [6, 6.07) is 8.88. The van der Waals surface area contributed by atoms with Gasteiger partial charge in [-0.2, -0.15) is 0 Å². The van der Waals surface area contributed by atoms with E-state index in [1.54, 1.807) is 31.2 Å². The number of carbonyl (C=O) groups excluding carboxylic acids is 1. The Labute approximate surface area is 179 Å². The Morgan fingerprint density at radius 2 is 2.00 bits per heavy atom. The Balaban J connectivity index is 1.26. The van der Waals surface area contributed by atoms with Crippen LogP contribution in [0.4, 0.5) is 5.82 Å². The first-order valence-corrected chi connectivity index (χ1v) is 10.5. The number of oxazole rings is 1. The molecule has 1 aromatic carbocycles. The molecule has 0 aliphatic carbocycles. The van der Waals surface area contributed by atoms with Crippen molar-refractivity contribution in [3.8, 4) is 0 Å². The molecule has 0 saturated carbocycles.